The summed E-state index contributed by atoms with van der Waals surface area (Å²) in [7, 11) is 0. The molecule has 0 heterocycles. The minimum Gasteiger partial charge on any atom is -0.594 e. The predicted octanol–water partition coefficient (Wildman–Crippen LogP) is 1.87. The van der Waals surface area contributed by atoms with Crippen molar-refractivity contribution in [2.24, 2.45) is 5.11 Å². The highest BCUT2D eigenvalue weighted by molar-refractivity contribution is 5.64. The van der Waals surface area contributed by atoms with E-state index in [-0.39, 0.29) is 16.2 Å². The third-order valence-electron chi connectivity index (χ3n) is 1.46. The molecular weight excluding hydrogens is 206 g/mol. The highest BCUT2D eigenvalue weighted by Crippen LogP contribution is 2.17. The van der Waals surface area contributed by atoms with Crippen LogP contribution in [0.5, 0.6) is 0 Å². The van der Waals surface area contributed by atoms with Gasteiger partial charge in [0.2, 0.25) is 5.69 Å². The van der Waals surface area contributed by atoms with Crippen LogP contribution in [0, 0.1) is 15.3 Å². The maximum atomic E-state index is 10.9. The van der Waals surface area contributed by atoms with Crippen LogP contribution >= 0.6 is 0 Å². The van der Waals surface area contributed by atoms with E-state index < -0.39 is 11.0 Å². The number of carboxylic acid groups (broad SMARTS) is 1. The lowest BCUT2D eigenvalue weighted by atomic mass is 10.3. The number of amides is 1. The van der Waals surface area contributed by atoms with E-state index in [1.807, 2.05) is 0 Å². The number of non-ortho nitro benzene ring substituents is 1. The number of nitro benzene ring substituents is 1. The Kier molecular flexibility index (Phi) is 2.91. The third kappa shape index (κ3) is 2.72. The zero-order valence-electron chi connectivity index (χ0n) is 7.23. The Balaban J connectivity index is 2.99. The molecule has 0 aliphatic heterocycles. The molecule has 0 radical (unpaired) electrons. The first-order chi connectivity index (χ1) is 7.00. The highest BCUT2D eigenvalue weighted by Gasteiger charge is 2.10. The Morgan fingerprint density at radius 2 is 1.67 bits per heavy atom. The van der Waals surface area contributed by atoms with Crippen molar-refractivity contribution in [2.45, 2.75) is 0 Å². The molecule has 8 heteroatoms. The quantitative estimate of drug-likeness (QED) is 0.346. The molecule has 0 aliphatic rings. The Morgan fingerprint density at radius 1 is 1.20 bits per heavy atom. The van der Waals surface area contributed by atoms with Gasteiger partial charge in [0, 0.05) is 24.3 Å². The third-order valence-corrected chi connectivity index (χ3v) is 1.46. The minimum atomic E-state index is -1.64. The van der Waals surface area contributed by atoms with Crippen LogP contribution in [0.2, 0.25) is 0 Å². The second-order valence-corrected chi connectivity index (χ2v) is 2.43. The van der Waals surface area contributed by atoms with Crippen molar-refractivity contribution >= 4 is 17.5 Å². The molecule has 1 amide bonds. The molecule has 0 saturated heterocycles. The standard InChI is InChI=1S/C7H5N3O5/c11-7(12)8-9(13)5-1-3-6(4-2-5)10(14)15/h1-4H,(H,11,12)/b9-8-. The molecular formula is C7H5N3O5. The van der Waals surface area contributed by atoms with E-state index in [0.29, 0.717) is 0 Å². The van der Waals surface area contributed by atoms with E-state index >= 15 is 0 Å². The lowest BCUT2D eigenvalue weighted by molar-refractivity contribution is -0.436. The zero-order valence-corrected chi connectivity index (χ0v) is 7.23. The van der Waals surface area contributed by atoms with Crippen molar-refractivity contribution in [3.63, 3.8) is 0 Å². The number of hydrogen-bond acceptors (Lipinski definition) is 4. The molecule has 0 saturated carbocycles. The molecule has 0 aliphatic carbocycles. The first-order valence-electron chi connectivity index (χ1n) is 3.67. The molecule has 8 nitrogen and oxygen atoms in total. The van der Waals surface area contributed by atoms with Gasteiger partial charge >= 0.3 is 6.09 Å². The second-order valence-electron chi connectivity index (χ2n) is 2.43. The van der Waals surface area contributed by atoms with Gasteiger partial charge in [0.1, 0.15) is 0 Å². The summed E-state index contributed by atoms with van der Waals surface area (Å²) >= 11 is 0. The Hall–Kier alpha value is -2.51. The van der Waals surface area contributed by atoms with Crippen LogP contribution in [-0.4, -0.2) is 21.0 Å². The van der Waals surface area contributed by atoms with Crippen molar-refractivity contribution in [1.82, 2.24) is 0 Å². The zero-order chi connectivity index (χ0) is 11.4. The van der Waals surface area contributed by atoms with Crippen molar-refractivity contribution in [1.29, 1.82) is 0 Å². The molecule has 0 bridgehead atoms. The topological polar surface area (TPSA) is 119 Å². The Morgan fingerprint density at radius 3 is 2.07 bits per heavy atom. The molecule has 0 atom stereocenters. The smallest absolute Gasteiger partial charge is 0.489 e. The van der Waals surface area contributed by atoms with Crippen LogP contribution in [0.15, 0.2) is 29.4 Å². The molecule has 1 aromatic rings. The number of azo groups is 1. The maximum Gasteiger partial charge on any atom is 0.489 e. The summed E-state index contributed by atoms with van der Waals surface area (Å²) in [4.78, 5) is 19.5. The summed E-state index contributed by atoms with van der Waals surface area (Å²) in [6.07, 6.45) is -1.64. The summed E-state index contributed by atoms with van der Waals surface area (Å²) in [5.41, 5.74) is -0.287. The van der Waals surface area contributed by atoms with Crippen molar-refractivity contribution in [3.05, 3.63) is 39.6 Å². The largest absolute Gasteiger partial charge is 0.594 e. The first kappa shape index (κ1) is 10.6. The van der Waals surface area contributed by atoms with Crippen molar-refractivity contribution < 1.29 is 19.7 Å². The normalized spacial score (nSPS) is 11.1. The van der Waals surface area contributed by atoms with Gasteiger partial charge in [-0.15, -0.1) is 0 Å². The van der Waals surface area contributed by atoms with Gasteiger partial charge in [0.05, 0.1) is 10.0 Å². The molecule has 78 valence electrons. The van der Waals surface area contributed by atoms with Crippen LogP contribution in [0.4, 0.5) is 16.2 Å². The maximum absolute atomic E-state index is 10.9. The van der Waals surface area contributed by atoms with E-state index in [1.54, 1.807) is 0 Å². The van der Waals surface area contributed by atoms with Gasteiger partial charge in [-0.2, -0.15) is 0 Å². The molecule has 0 fully saturated rings. The van der Waals surface area contributed by atoms with Gasteiger partial charge in [-0.25, -0.2) is 4.79 Å². The van der Waals surface area contributed by atoms with Gasteiger partial charge in [-0.3, -0.25) is 10.1 Å². The summed E-state index contributed by atoms with van der Waals surface area (Å²) < 4.78 is 0. The van der Waals surface area contributed by atoms with Crippen molar-refractivity contribution in [3.8, 4) is 0 Å². The average Bonchev–Trinajstić information content (AvgIpc) is 2.17. The monoisotopic (exact) mass is 211 g/mol. The lowest BCUT2D eigenvalue weighted by Crippen LogP contribution is -1.97. The molecule has 0 unspecified atom stereocenters. The van der Waals surface area contributed by atoms with E-state index in [0.717, 1.165) is 24.3 Å². The predicted molar refractivity (Wildman–Crippen MR) is 46.8 cm³/mol. The van der Waals surface area contributed by atoms with Gasteiger partial charge in [-0.1, -0.05) is 0 Å². The van der Waals surface area contributed by atoms with E-state index in [4.69, 9.17) is 5.11 Å². The van der Waals surface area contributed by atoms with Crippen molar-refractivity contribution in [2.75, 3.05) is 0 Å². The molecule has 0 spiro atoms. The summed E-state index contributed by atoms with van der Waals surface area (Å²) in [6.45, 7) is 0. The number of benzene rings is 1. The summed E-state index contributed by atoms with van der Waals surface area (Å²) in [5, 5.41) is 32.0. The van der Waals surface area contributed by atoms with Gasteiger partial charge in [0.25, 0.3) is 5.69 Å². The van der Waals surface area contributed by atoms with Gasteiger partial charge in [-0.05, 0) is 4.86 Å². The van der Waals surface area contributed by atoms with Crippen LogP contribution in [0.1, 0.15) is 0 Å². The number of nitrogens with zero attached hydrogens (tertiary/aromatic N) is 3. The van der Waals surface area contributed by atoms with E-state index in [2.05, 4.69) is 5.11 Å². The second kappa shape index (κ2) is 4.13. The summed E-state index contributed by atoms with van der Waals surface area (Å²) in [5.74, 6) is 0. The van der Waals surface area contributed by atoms with Gasteiger partial charge in [0.15, 0.2) is 0 Å². The lowest BCUT2D eigenvalue weighted by Gasteiger charge is -1.96. The SMILES string of the molecule is O=C(O)/N=[N+](\[O-])c1ccc([N+](=O)[O-])cc1. The van der Waals surface area contributed by atoms with Crippen LogP contribution < -0.4 is 0 Å². The van der Waals surface area contributed by atoms with E-state index in [1.165, 1.54) is 0 Å². The van der Waals surface area contributed by atoms with Gasteiger partial charge < -0.3 is 10.3 Å². The number of nitro groups is 1. The summed E-state index contributed by atoms with van der Waals surface area (Å²) in [6, 6.07) is 4.38. The fraction of sp³-hybridized carbons (Fsp3) is 0. The Labute approximate surface area is 82.8 Å². The molecule has 15 heavy (non-hydrogen) atoms. The number of rotatable bonds is 2. The Bertz CT molecular complexity index is 425. The molecule has 1 aromatic carbocycles. The highest BCUT2D eigenvalue weighted by atomic mass is 16.6. The minimum absolute atomic E-state index is 0.0944. The number of carbonyl (C=O) groups is 1. The first-order valence-corrected chi connectivity index (χ1v) is 3.67. The van der Waals surface area contributed by atoms with E-state index in [9.17, 15) is 20.1 Å². The average molecular weight is 211 g/mol. The van der Waals surface area contributed by atoms with Crippen LogP contribution in [0.3, 0.4) is 0 Å². The van der Waals surface area contributed by atoms with Crippen LogP contribution in [0.25, 0.3) is 0 Å². The fourth-order valence-electron chi connectivity index (χ4n) is 0.837. The molecule has 1 rings (SSSR count). The number of hydrogen-bond donors (Lipinski definition) is 1. The fourth-order valence-corrected chi connectivity index (χ4v) is 0.837. The molecule has 1 N–H and O–H groups in total. The molecule has 0 aromatic heterocycles. The van der Waals surface area contributed by atoms with Crippen LogP contribution in [-0.2, 0) is 0 Å².